The number of hydrogen-bond acceptors (Lipinski definition) is 2. The van der Waals surface area contributed by atoms with E-state index in [1.165, 1.54) is 0 Å². The first-order chi connectivity index (χ1) is 7.69. The van der Waals surface area contributed by atoms with Crippen molar-refractivity contribution in [3.05, 3.63) is 33.8 Å². The van der Waals surface area contributed by atoms with Gasteiger partial charge in [0.05, 0.1) is 16.7 Å². The number of methoxy groups -OCH3 is 1. The van der Waals surface area contributed by atoms with Crippen molar-refractivity contribution in [3.63, 3.8) is 0 Å². The average Bonchev–Trinajstić information content (AvgIpc) is 2.25. The lowest BCUT2D eigenvalue weighted by Crippen LogP contribution is -2.35. The first-order valence-corrected chi connectivity index (χ1v) is 6.09. The highest BCUT2D eigenvalue weighted by Crippen LogP contribution is 2.26. The molecule has 0 spiro atoms. The van der Waals surface area contributed by atoms with Crippen molar-refractivity contribution < 1.29 is 4.74 Å². The van der Waals surface area contributed by atoms with E-state index < -0.39 is 0 Å². The van der Waals surface area contributed by atoms with Gasteiger partial charge in [0.1, 0.15) is 0 Å². The van der Waals surface area contributed by atoms with Gasteiger partial charge >= 0.3 is 0 Å². The van der Waals surface area contributed by atoms with Gasteiger partial charge in [0, 0.05) is 13.2 Å². The van der Waals surface area contributed by atoms with Gasteiger partial charge in [-0.2, -0.15) is 0 Å². The Bertz CT molecular complexity index is 325. The Kier molecular flexibility index (Phi) is 6.14. The summed E-state index contributed by atoms with van der Waals surface area (Å²) >= 11 is 12.1. The molecule has 1 N–H and O–H groups in total. The molecule has 90 valence electrons. The van der Waals surface area contributed by atoms with Crippen LogP contribution in [0.5, 0.6) is 0 Å². The molecular weight excluding hydrogens is 245 g/mol. The van der Waals surface area contributed by atoms with Crippen LogP contribution in [0, 0.1) is 0 Å². The maximum Gasteiger partial charge on any atom is 0.0624 e. The molecular formula is C12H17Cl2NO. The van der Waals surface area contributed by atoms with E-state index in [0.29, 0.717) is 16.7 Å². The second-order valence-corrected chi connectivity index (χ2v) is 4.41. The molecule has 0 radical (unpaired) electrons. The monoisotopic (exact) mass is 261 g/mol. The van der Waals surface area contributed by atoms with Crippen molar-refractivity contribution in [2.24, 2.45) is 0 Å². The molecule has 1 aromatic carbocycles. The molecule has 0 aromatic heterocycles. The average molecular weight is 262 g/mol. The zero-order valence-corrected chi connectivity index (χ0v) is 11.1. The molecule has 0 aliphatic carbocycles. The molecule has 0 heterocycles. The topological polar surface area (TPSA) is 21.3 Å². The van der Waals surface area contributed by atoms with E-state index in [1.54, 1.807) is 13.2 Å². The second-order valence-electron chi connectivity index (χ2n) is 3.63. The third kappa shape index (κ3) is 3.95. The number of ether oxygens (including phenoxy) is 1. The van der Waals surface area contributed by atoms with Crippen LogP contribution in [0.15, 0.2) is 18.2 Å². The summed E-state index contributed by atoms with van der Waals surface area (Å²) in [7, 11) is 1.70. The zero-order valence-electron chi connectivity index (χ0n) is 9.59. The van der Waals surface area contributed by atoms with E-state index in [2.05, 4.69) is 12.2 Å². The van der Waals surface area contributed by atoms with Gasteiger partial charge in [-0.25, -0.2) is 0 Å². The van der Waals surface area contributed by atoms with Crippen molar-refractivity contribution >= 4 is 23.2 Å². The Morgan fingerprint density at radius 3 is 2.75 bits per heavy atom. The molecule has 0 aliphatic rings. The highest BCUT2D eigenvalue weighted by molar-refractivity contribution is 6.42. The van der Waals surface area contributed by atoms with E-state index in [-0.39, 0.29) is 6.04 Å². The van der Waals surface area contributed by atoms with Crippen LogP contribution in [-0.2, 0) is 11.2 Å². The number of benzene rings is 1. The molecule has 2 nitrogen and oxygen atoms in total. The quantitative estimate of drug-likeness (QED) is 0.850. The smallest absolute Gasteiger partial charge is 0.0624 e. The maximum atomic E-state index is 6.14. The largest absolute Gasteiger partial charge is 0.383 e. The first-order valence-electron chi connectivity index (χ1n) is 5.34. The predicted octanol–water partition coefficient (Wildman–Crippen LogP) is 3.16. The highest BCUT2D eigenvalue weighted by atomic mass is 35.5. The molecule has 1 atom stereocenters. The Balaban J connectivity index is 2.72. The van der Waals surface area contributed by atoms with Crippen LogP contribution < -0.4 is 5.32 Å². The van der Waals surface area contributed by atoms with Gasteiger partial charge in [0.25, 0.3) is 0 Å². The van der Waals surface area contributed by atoms with Gasteiger partial charge in [-0.1, -0.05) is 42.3 Å². The van der Waals surface area contributed by atoms with E-state index in [1.807, 2.05) is 12.1 Å². The number of halogens is 2. The van der Waals surface area contributed by atoms with Gasteiger partial charge in [-0.3, -0.25) is 0 Å². The molecule has 1 unspecified atom stereocenters. The van der Waals surface area contributed by atoms with Crippen LogP contribution in [0.1, 0.15) is 12.5 Å². The Morgan fingerprint density at radius 1 is 1.38 bits per heavy atom. The standard InChI is InChI=1S/C12H17Cl2NO/c1-3-15-10(8-16-2)7-9-5-4-6-11(13)12(9)14/h4-6,10,15H,3,7-8H2,1-2H3. The van der Waals surface area contributed by atoms with Crippen molar-refractivity contribution in [2.45, 2.75) is 19.4 Å². The van der Waals surface area contributed by atoms with Crippen LogP contribution in [0.4, 0.5) is 0 Å². The highest BCUT2D eigenvalue weighted by Gasteiger charge is 2.11. The van der Waals surface area contributed by atoms with Gasteiger partial charge in [-0.05, 0) is 24.6 Å². The fraction of sp³-hybridized carbons (Fsp3) is 0.500. The predicted molar refractivity (Wildman–Crippen MR) is 69.5 cm³/mol. The lowest BCUT2D eigenvalue weighted by Gasteiger charge is -2.17. The summed E-state index contributed by atoms with van der Waals surface area (Å²) in [5.41, 5.74) is 1.05. The Morgan fingerprint density at radius 2 is 2.12 bits per heavy atom. The lowest BCUT2D eigenvalue weighted by molar-refractivity contribution is 0.167. The third-order valence-electron chi connectivity index (χ3n) is 2.36. The van der Waals surface area contributed by atoms with E-state index in [0.717, 1.165) is 18.5 Å². The summed E-state index contributed by atoms with van der Waals surface area (Å²) in [6.07, 6.45) is 0.821. The first kappa shape index (κ1) is 13.8. The fourth-order valence-corrected chi connectivity index (χ4v) is 2.05. The fourth-order valence-electron chi connectivity index (χ4n) is 1.65. The molecule has 1 rings (SSSR count). The van der Waals surface area contributed by atoms with Gasteiger partial charge in [0.15, 0.2) is 0 Å². The molecule has 0 bridgehead atoms. The van der Waals surface area contributed by atoms with Gasteiger partial charge < -0.3 is 10.1 Å². The minimum Gasteiger partial charge on any atom is -0.383 e. The molecule has 16 heavy (non-hydrogen) atoms. The van der Waals surface area contributed by atoms with Crippen LogP contribution in [0.25, 0.3) is 0 Å². The van der Waals surface area contributed by atoms with E-state index in [9.17, 15) is 0 Å². The second kappa shape index (κ2) is 7.13. The van der Waals surface area contributed by atoms with Crippen LogP contribution in [0.3, 0.4) is 0 Å². The summed E-state index contributed by atoms with van der Waals surface area (Å²) in [6.45, 7) is 3.64. The number of rotatable bonds is 6. The third-order valence-corrected chi connectivity index (χ3v) is 3.22. The SMILES string of the molecule is CCNC(COC)Cc1cccc(Cl)c1Cl. The van der Waals surface area contributed by atoms with Gasteiger partial charge in [-0.15, -0.1) is 0 Å². The number of likely N-dealkylation sites (N-methyl/N-ethyl adjacent to an activating group) is 1. The Labute approximate surface area is 107 Å². The molecule has 0 fully saturated rings. The van der Waals surface area contributed by atoms with Crippen molar-refractivity contribution in [3.8, 4) is 0 Å². The van der Waals surface area contributed by atoms with E-state index >= 15 is 0 Å². The maximum absolute atomic E-state index is 6.14. The molecule has 0 amide bonds. The van der Waals surface area contributed by atoms with Crippen LogP contribution in [0.2, 0.25) is 10.0 Å². The number of nitrogens with one attached hydrogen (secondary N) is 1. The minimum absolute atomic E-state index is 0.269. The van der Waals surface area contributed by atoms with Crippen LogP contribution >= 0.6 is 23.2 Å². The molecule has 0 saturated heterocycles. The summed E-state index contributed by atoms with van der Waals surface area (Å²) < 4.78 is 5.16. The molecule has 0 saturated carbocycles. The summed E-state index contributed by atoms with van der Waals surface area (Å²) in [4.78, 5) is 0. The lowest BCUT2D eigenvalue weighted by atomic mass is 10.1. The minimum atomic E-state index is 0.269. The van der Waals surface area contributed by atoms with Crippen molar-refractivity contribution in [1.82, 2.24) is 5.32 Å². The zero-order chi connectivity index (χ0) is 12.0. The van der Waals surface area contributed by atoms with E-state index in [4.69, 9.17) is 27.9 Å². The summed E-state index contributed by atoms with van der Waals surface area (Å²) in [6, 6.07) is 5.98. The van der Waals surface area contributed by atoms with Crippen molar-refractivity contribution in [1.29, 1.82) is 0 Å². The molecule has 1 aromatic rings. The number of hydrogen-bond donors (Lipinski definition) is 1. The molecule has 0 aliphatic heterocycles. The summed E-state index contributed by atoms with van der Waals surface area (Å²) in [5, 5.41) is 4.60. The van der Waals surface area contributed by atoms with Crippen LogP contribution in [-0.4, -0.2) is 26.3 Å². The summed E-state index contributed by atoms with van der Waals surface area (Å²) in [5.74, 6) is 0. The normalized spacial score (nSPS) is 12.8. The molecule has 4 heteroatoms. The van der Waals surface area contributed by atoms with Gasteiger partial charge in [0.2, 0.25) is 0 Å². The Hall–Kier alpha value is -0.280. The van der Waals surface area contributed by atoms with Crippen molar-refractivity contribution in [2.75, 3.05) is 20.3 Å².